The molecule has 1 unspecified atom stereocenters. The van der Waals surface area contributed by atoms with E-state index in [2.05, 4.69) is 20.8 Å². The Morgan fingerprint density at radius 2 is 0.415 bits per heavy atom. The van der Waals surface area contributed by atoms with Crippen LogP contribution in [-0.4, -0.2) is 37.2 Å². The second-order valence-corrected chi connectivity index (χ2v) is 20.3. The van der Waals surface area contributed by atoms with Crippen molar-refractivity contribution in [1.29, 1.82) is 0 Å². The minimum Gasteiger partial charge on any atom is -0.462 e. The zero-order valence-corrected chi connectivity index (χ0v) is 44.3. The first-order valence-electron chi connectivity index (χ1n) is 29.5. The molecule has 0 fully saturated rings. The van der Waals surface area contributed by atoms with Crippen LogP contribution in [0.2, 0.25) is 0 Å². The molecule has 0 spiro atoms. The Bertz CT molecular complexity index is 967. The second kappa shape index (κ2) is 55.0. The van der Waals surface area contributed by atoms with Gasteiger partial charge in [0.1, 0.15) is 13.2 Å². The van der Waals surface area contributed by atoms with Gasteiger partial charge in [0, 0.05) is 19.3 Å². The van der Waals surface area contributed by atoms with Crippen molar-refractivity contribution in [3.05, 3.63) is 0 Å². The fraction of sp³-hybridized carbons (Fsp3) is 0.949. The summed E-state index contributed by atoms with van der Waals surface area (Å²) in [6, 6.07) is 0. The molecule has 0 aliphatic heterocycles. The van der Waals surface area contributed by atoms with Crippen molar-refractivity contribution in [3.63, 3.8) is 0 Å². The van der Waals surface area contributed by atoms with Crippen LogP contribution in [0.5, 0.6) is 0 Å². The molecule has 0 bridgehead atoms. The first-order valence-corrected chi connectivity index (χ1v) is 29.5. The van der Waals surface area contributed by atoms with Gasteiger partial charge in [-0.2, -0.15) is 0 Å². The molecule has 0 aliphatic carbocycles. The molecule has 386 valence electrons. The van der Waals surface area contributed by atoms with E-state index in [-0.39, 0.29) is 31.1 Å². The van der Waals surface area contributed by atoms with Crippen LogP contribution in [0.3, 0.4) is 0 Å². The van der Waals surface area contributed by atoms with E-state index < -0.39 is 6.10 Å². The predicted octanol–water partition coefficient (Wildman–Crippen LogP) is 19.5. The Kier molecular flexibility index (Phi) is 53.7. The van der Waals surface area contributed by atoms with Crippen molar-refractivity contribution < 1.29 is 28.6 Å². The smallest absolute Gasteiger partial charge is 0.306 e. The maximum absolute atomic E-state index is 12.7. The monoisotopic (exact) mass is 919 g/mol. The third-order valence-corrected chi connectivity index (χ3v) is 13.6. The lowest BCUT2D eigenvalue weighted by Gasteiger charge is -2.18. The summed E-state index contributed by atoms with van der Waals surface area (Å²) in [6.07, 6.45) is 61.6. The fourth-order valence-corrected chi connectivity index (χ4v) is 9.15. The molecule has 0 aliphatic rings. The highest BCUT2D eigenvalue weighted by molar-refractivity contribution is 5.71. The first-order chi connectivity index (χ1) is 32.0. The molecule has 0 aromatic rings. The highest BCUT2D eigenvalue weighted by Crippen LogP contribution is 2.18. The Morgan fingerprint density at radius 3 is 0.615 bits per heavy atom. The molecule has 0 aromatic carbocycles. The quantitative estimate of drug-likeness (QED) is 0.0344. The van der Waals surface area contributed by atoms with Crippen molar-refractivity contribution in [2.24, 2.45) is 0 Å². The first kappa shape index (κ1) is 63.4. The van der Waals surface area contributed by atoms with Crippen molar-refractivity contribution in [1.82, 2.24) is 0 Å². The average molecular weight is 920 g/mol. The van der Waals surface area contributed by atoms with Gasteiger partial charge in [0.15, 0.2) is 6.10 Å². The van der Waals surface area contributed by atoms with Crippen molar-refractivity contribution in [2.45, 2.75) is 348 Å². The molecule has 1 atom stereocenters. The number of carbonyl (C=O) groups excluding carboxylic acids is 3. The van der Waals surface area contributed by atoms with Gasteiger partial charge in [0.05, 0.1) is 0 Å². The lowest BCUT2D eigenvalue weighted by Crippen LogP contribution is -2.30. The third kappa shape index (κ3) is 53.2. The Morgan fingerprint density at radius 1 is 0.246 bits per heavy atom. The Hall–Kier alpha value is -1.59. The molecule has 0 saturated heterocycles. The standard InChI is InChI=1S/C59H114O6/c1-4-7-10-13-16-18-19-20-21-22-23-24-25-26-27-28-29-30-31-32-33-34-35-36-37-38-39-41-43-46-49-52-58(61)64-55-56(54-63-57(60)51-48-45-42-15-12-9-6-3)65-59(62)53-50-47-44-40-17-14-11-8-5-2/h56H,4-55H2,1-3H3. The average Bonchev–Trinajstić information content (AvgIpc) is 3.30. The molecule has 0 aromatic heterocycles. The van der Waals surface area contributed by atoms with Crippen molar-refractivity contribution >= 4 is 17.9 Å². The number of hydrogen-bond donors (Lipinski definition) is 0. The normalized spacial score (nSPS) is 11.9. The van der Waals surface area contributed by atoms with Gasteiger partial charge in [0.2, 0.25) is 0 Å². The molecule has 0 saturated carbocycles. The Balaban J connectivity index is 3.84. The molecule has 0 heterocycles. The van der Waals surface area contributed by atoms with E-state index >= 15 is 0 Å². The summed E-state index contributed by atoms with van der Waals surface area (Å²) in [7, 11) is 0. The number of esters is 3. The highest BCUT2D eigenvalue weighted by atomic mass is 16.6. The molecule has 6 nitrogen and oxygen atoms in total. The van der Waals surface area contributed by atoms with Crippen LogP contribution >= 0.6 is 0 Å². The molecular formula is C59H114O6. The van der Waals surface area contributed by atoms with E-state index in [1.54, 1.807) is 0 Å². The van der Waals surface area contributed by atoms with Gasteiger partial charge in [-0.05, 0) is 19.3 Å². The van der Waals surface area contributed by atoms with Gasteiger partial charge in [-0.1, -0.05) is 303 Å². The van der Waals surface area contributed by atoms with E-state index in [1.807, 2.05) is 0 Å². The summed E-state index contributed by atoms with van der Waals surface area (Å²) >= 11 is 0. The van der Waals surface area contributed by atoms with Crippen LogP contribution in [-0.2, 0) is 28.6 Å². The number of carbonyl (C=O) groups is 3. The molecule has 6 heteroatoms. The third-order valence-electron chi connectivity index (χ3n) is 13.6. The summed E-state index contributed by atoms with van der Waals surface area (Å²) in [4.78, 5) is 37.7. The van der Waals surface area contributed by atoms with E-state index in [0.29, 0.717) is 19.3 Å². The molecule has 0 radical (unpaired) electrons. The van der Waals surface area contributed by atoms with Crippen LogP contribution in [0, 0.1) is 0 Å². The van der Waals surface area contributed by atoms with Gasteiger partial charge in [-0.25, -0.2) is 0 Å². The molecular weight excluding hydrogens is 805 g/mol. The van der Waals surface area contributed by atoms with E-state index in [4.69, 9.17) is 14.2 Å². The minimum atomic E-state index is -0.758. The summed E-state index contributed by atoms with van der Waals surface area (Å²) in [5, 5.41) is 0. The number of unbranched alkanes of at least 4 members (excludes halogenated alkanes) is 44. The summed E-state index contributed by atoms with van der Waals surface area (Å²) in [6.45, 7) is 6.63. The maximum atomic E-state index is 12.7. The predicted molar refractivity (Wildman–Crippen MR) is 280 cm³/mol. The zero-order valence-electron chi connectivity index (χ0n) is 44.3. The van der Waals surface area contributed by atoms with E-state index in [0.717, 1.165) is 57.8 Å². The van der Waals surface area contributed by atoms with Crippen molar-refractivity contribution in [2.75, 3.05) is 13.2 Å². The molecule has 65 heavy (non-hydrogen) atoms. The van der Waals surface area contributed by atoms with Gasteiger partial charge in [0.25, 0.3) is 0 Å². The second-order valence-electron chi connectivity index (χ2n) is 20.3. The summed E-state index contributed by atoms with van der Waals surface area (Å²) in [5.74, 6) is -0.853. The number of rotatable bonds is 55. The van der Waals surface area contributed by atoms with E-state index in [1.165, 1.54) is 244 Å². The van der Waals surface area contributed by atoms with Crippen LogP contribution in [0.4, 0.5) is 0 Å². The summed E-state index contributed by atoms with van der Waals surface area (Å²) in [5.41, 5.74) is 0. The van der Waals surface area contributed by atoms with E-state index in [9.17, 15) is 14.4 Å². The van der Waals surface area contributed by atoms with Crippen LogP contribution in [0.15, 0.2) is 0 Å². The SMILES string of the molecule is CCCCCCCCCCCCCCCCCCCCCCCCCCCCCCCCCC(=O)OCC(COC(=O)CCCCCCCCC)OC(=O)CCCCCCCCCCC. The van der Waals surface area contributed by atoms with Crippen LogP contribution in [0.1, 0.15) is 342 Å². The number of ether oxygens (including phenoxy) is 3. The molecule has 0 amide bonds. The van der Waals surface area contributed by atoms with Crippen LogP contribution in [0.25, 0.3) is 0 Å². The highest BCUT2D eigenvalue weighted by Gasteiger charge is 2.19. The van der Waals surface area contributed by atoms with Gasteiger partial charge in [-0.15, -0.1) is 0 Å². The van der Waals surface area contributed by atoms with Crippen molar-refractivity contribution in [3.8, 4) is 0 Å². The lowest BCUT2D eigenvalue weighted by atomic mass is 10.0. The molecule has 0 N–H and O–H groups in total. The minimum absolute atomic E-state index is 0.0628. The van der Waals surface area contributed by atoms with Gasteiger partial charge >= 0.3 is 17.9 Å². The summed E-state index contributed by atoms with van der Waals surface area (Å²) < 4.78 is 16.7. The zero-order chi connectivity index (χ0) is 47.2. The Labute approximate surface area is 406 Å². The topological polar surface area (TPSA) is 78.9 Å². The van der Waals surface area contributed by atoms with Crippen LogP contribution < -0.4 is 0 Å². The largest absolute Gasteiger partial charge is 0.462 e. The lowest BCUT2D eigenvalue weighted by molar-refractivity contribution is -0.167. The number of hydrogen-bond acceptors (Lipinski definition) is 6. The molecule has 0 rings (SSSR count). The maximum Gasteiger partial charge on any atom is 0.306 e. The fourth-order valence-electron chi connectivity index (χ4n) is 9.15. The van der Waals surface area contributed by atoms with Gasteiger partial charge < -0.3 is 14.2 Å². The van der Waals surface area contributed by atoms with Gasteiger partial charge in [-0.3, -0.25) is 14.4 Å².